The summed E-state index contributed by atoms with van der Waals surface area (Å²) < 4.78 is 1.66. The standard InChI is InChI=1S/C21H18N6O4/c28-17-5-4-16(19(30)25-17)27-10-13-3-2-12(8-14(13)20(27)31)9-23-18(29)15-11-26-7-1-6-22-21(26)24-15/h1-3,6-8,11,16H,4-5,9-10H2,(H,23,29)(H,25,28,30). The predicted octanol–water partition coefficient (Wildman–Crippen LogP) is 0.420. The summed E-state index contributed by atoms with van der Waals surface area (Å²) in [6.07, 6.45) is 5.49. The van der Waals surface area contributed by atoms with Gasteiger partial charge in [0, 0.05) is 43.7 Å². The fraction of sp³-hybridized carbons (Fsp3) is 0.238. The van der Waals surface area contributed by atoms with Gasteiger partial charge in [-0.1, -0.05) is 12.1 Å². The Morgan fingerprint density at radius 3 is 2.94 bits per heavy atom. The van der Waals surface area contributed by atoms with E-state index in [-0.39, 0.29) is 36.4 Å². The van der Waals surface area contributed by atoms with Crippen molar-refractivity contribution < 1.29 is 19.2 Å². The van der Waals surface area contributed by atoms with Crippen molar-refractivity contribution in [2.75, 3.05) is 0 Å². The Bertz CT molecular complexity index is 1220. The molecule has 0 saturated carbocycles. The molecule has 4 amide bonds. The molecule has 10 nitrogen and oxygen atoms in total. The van der Waals surface area contributed by atoms with E-state index in [4.69, 9.17) is 0 Å². The normalized spacial score (nSPS) is 18.3. The highest BCUT2D eigenvalue weighted by atomic mass is 16.2. The number of piperidine rings is 1. The molecule has 2 aromatic heterocycles. The molecule has 0 radical (unpaired) electrons. The number of aromatic nitrogens is 3. The number of hydrogen-bond donors (Lipinski definition) is 2. The summed E-state index contributed by atoms with van der Waals surface area (Å²) >= 11 is 0. The minimum atomic E-state index is -0.649. The molecular formula is C21H18N6O4. The molecule has 1 fully saturated rings. The maximum absolute atomic E-state index is 12.9. The fourth-order valence-corrected chi connectivity index (χ4v) is 3.92. The lowest BCUT2D eigenvalue weighted by atomic mass is 10.0. The largest absolute Gasteiger partial charge is 0.347 e. The van der Waals surface area contributed by atoms with Crippen LogP contribution in [0.3, 0.4) is 0 Å². The number of hydrogen-bond acceptors (Lipinski definition) is 6. The van der Waals surface area contributed by atoms with Crippen LogP contribution in [0.25, 0.3) is 5.78 Å². The molecule has 5 rings (SSSR count). The van der Waals surface area contributed by atoms with Crippen molar-refractivity contribution in [3.63, 3.8) is 0 Å². The van der Waals surface area contributed by atoms with E-state index in [0.717, 1.165) is 11.1 Å². The lowest BCUT2D eigenvalue weighted by Gasteiger charge is -2.29. The van der Waals surface area contributed by atoms with Crippen LogP contribution in [0.5, 0.6) is 0 Å². The van der Waals surface area contributed by atoms with E-state index in [1.54, 1.807) is 35.1 Å². The van der Waals surface area contributed by atoms with Crippen molar-refractivity contribution in [2.45, 2.75) is 32.0 Å². The average molecular weight is 418 g/mol. The van der Waals surface area contributed by atoms with E-state index >= 15 is 0 Å². The molecule has 10 heteroatoms. The van der Waals surface area contributed by atoms with Gasteiger partial charge < -0.3 is 10.2 Å². The Morgan fingerprint density at radius 1 is 1.26 bits per heavy atom. The zero-order chi connectivity index (χ0) is 21.5. The molecule has 156 valence electrons. The van der Waals surface area contributed by atoms with Gasteiger partial charge in [-0.15, -0.1) is 0 Å². The highest BCUT2D eigenvalue weighted by Crippen LogP contribution is 2.28. The summed E-state index contributed by atoms with van der Waals surface area (Å²) in [5.74, 6) is -0.910. The van der Waals surface area contributed by atoms with Crippen LogP contribution >= 0.6 is 0 Å². The number of fused-ring (bicyclic) bond motifs is 2. The molecule has 4 heterocycles. The second-order valence-corrected chi connectivity index (χ2v) is 7.53. The van der Waals surface area contributed by atoms with Crippen molar-refractivity contribution in [1.29, 1.82) is 0 Å². The first-order chi connectivity index (χ1) is 15.0. The van der Waals surface area contributed by atoms with Crippen LogP contribution in [0.4, 0.5) is 0 Å². The van der Waals surface area contributed by atoms with Crippen molar-refractivity contribution in [2.24, 2.45) is 0 Å². The third kappa shape index (κ3) is 3.41. The van der Waals surface area contributed by atoms with Crippen molar-refractivity contribution in [3.05, 3.63) is 65.2 Å². The molecular weight excluding hydrogens is 400 g/mol. The minimum Gasteiger partial charge on any atom is -0.347 e. The first kappa shape index (κ1) is 18.9. The summed E-state index contributed by atoms with van der Waals surface area (Å²) in [6.45, 7) is 0.542. The van der Waals surface area contributed by atoms with E-state index in [1.807, 2.05) is 12.1 Å². The summed E-state index contributed by atoms with van der Waals surface area (Å²) in [5.41, 5.74) is 2.33. The van der Waals surface area contributed by atoms with Gasteiger partial charge in [-0.2, -0.15) is 0 Å². The van der Waals surface area contributed by atoms with E-state index < -0.39 is 11.9 Å². The van der Waals surface area contributed by atoms with Crippen LogP contribution in [-0.2, 0) is 22.7 Å². The van der Waals surface area contributed by atoms with Gasteiger partial charge in [0.2, 0.25) is 17.6 Å². The maximum Gasteiger partial charge on any atom is 0.271 e. The Hall–Kier alpha value is -4.08. The average Bonchev–Trinajstić information content (AvgIpc) is 3.34. The van der Waals surface area contributed by atoms with E-state index in [1.165, 1.54) is 4.90 Å². The van der Waals surface area contributed by atoms with E-state index in [2.05, 4.69) is 20.6 Å². The van der Waals surface area contributed by atoms with Crippen molar-refractivity contribution in [1.82, 2.24) is 29.9 Å². The molecule has 1 saturated heterocycles. The van der Waals surface area contributed by atoms with Crippen molar-refractivity contribution in [3.8, 4) is 0 Å². The SMILES string of the molecule is O=C1CCC(N2Cc3ccc(CNC(=O)c4cn5cccnc5n4)cc3C2=O)C(=O)N1. The molecule has 2 aliphatic heterocycles. The minimum absolute atomic E-state index is 0.215. The summed E-state index contributed by atoms with van der Waals surface area (Å²) in [7, 11) is 0. The molecule has 0 spiro atoms. The van der Waals surface area contributed by atoms with Gasteiger partial charge in [-0.3, -0.25) is 28.9 Å². The van der Waals surface area contributed by atoms with Gasteiger partial charge in [-0.25, -0.2) is 9.97 Å². The van der Waals surface area contributed by atoms with Crippen LogP contribution < -0.4 is 10.6 Å². The number of imide groups is 1. The van der Waals surface area contributed by atoms with Crippen LogP contribution in [0, 0.1) is 0 Å². The summed E-state index contributed by atoms with van der Waals surface area (Å²) in [6, 6.07) is 6.50. The fourth-order valence-electron chi connectivity index (χ4n) is 3.92. The van der Waals surface area contributed by atoms with E-state index in [9.17, 15) is 19.2 Å². The summed E-state index contributed by atoms with van der Waals surface area (Å²) in [4.78, 5) is 58.6. The zero-order valence-electron chi connectivity index (χ0n) is 16.4. The highest BCUT2D eigenvalue weighted by Gasteiger charge is 2.39. The third-order valence-electron chi connectivity index (χ3n) is 5.51. The van der Waals surface area contributed by atoms with Gasteiger partial charge in [0.05, 0.1) is 0 Å². The Labute approximate surface area is 176 Å². The number of nitrogens with one attached hydrogen (secondary N) is 2. The van der Waals surface area contributed by atoms with Crippen LogP contribution in [0.2, 0.25) is 0 Å². The monoisotopic (exact) mass is 418 g/mol. The Balaban J connectivity index is 1.28. The quantitative estimate of drug-likeness (QED) is 0.592. The molecule has 0 bridgehead atoms. The predicted molar refractivity (Wildman–Crippen MR) is 107 cm³/mol. The molecule has 31 heavy (non-hydrogen) atoms. The third-order valence-corrected chi connectivity index (χ3v) is 5.51. The first-order valence-electron chi connectivity index (χ1n) is 9.84. The molecule has 1 unspecified atom stereocenters. The molecule has 2 N–H and O–H groups in total. The number of carbonyl (C=O) groups excluding carboxylic acids is 4. The first-order valence-corrected chi connectivity index (χ1v) is 9.84. The molecule has 2 aliphatic rings. The topological polar surface area (TPSA) is 126 Å². The number of rotatable bonds is 4. The second-order valence-electron chi connectivity index (χ2n) is 7.53. The second kappa shape index (κ2) is 7.31. The number of amides is 4. The molecule has 1 aromatic carbocycles. The van der Waals surface area contributed by atoms with Crippen molar-refractivity contribution >= 4 is 29.4 Å². The van der Waals surface area contributed by atoms with Crippen LogP contribution in [0.15, 0.2) is 42.9 Å². The van der Waals surface area contributed by atoms with Crippen LogP contribution in [-0.4, -0.2) is 48.9 Å². The van der Waals surface area contributed by atoms with E-state index in [0.29, 0.717) is 24.3 Å². The smallest absolute Gasteiger partial charge is 0.271 e. The van der Waals surface area contributed by atoms with Gasteiger partial charge in [0.1, 0.15) is 11.7 Å². The Morgan fingerprint density at radius 2 is 2.13 bits per heavy atom. The number of benzene rings is 1. The molecule has 1 atom stereocenters. The Kier molecular flexibility index (Phi) is 4.46. The number of carbonyl (C=O) groups is 4. The van der Waals surface area contributed by atoms with Gasteiger partial charge in [-0.05, 0) is 29.7 Å². The van der Waals surface area contributed by atoms with Gasteiger partial charge >= 0.3 is 0 Å². The van der Waals surface area contributed by atoms with Crippen LogP contribution in [0.1, 0.15) is 44.8 Å². The highest BCUT2D eigenvalue weighted by molar-refractivity contribution is 6.05. The number of nitrogens with zero attached hydrogens (tertiary/aromatic N) is 4. The molecule has 3 aromatic rings. The van der Waals surface area contributed by atoms with Gasteiger partial charge in [0.25, 0.3) is 11.8 Å². The maximum atomic E-state index is 12.9. The zero-order valence-corrected chi connectivity index (χ0v) is 16.4. The number of imidazole rings is 1. The lowest BCUT2D eigenvalue weighted by Crippen LogP contribution is -2.52. The molecule has 0 aliphatic carbocycles. The van der Waals surface area contributed by atoms with Gasteiger partial charge in [0.15, 0.2) is 0 Å². The summed E-state index contributed by atoms with van der Waals surface area (Å²) in [5, 5.41) is 5.09. The lowest BCUT2D eigenvalue weighted by molar-refractivity contribution is -0.136.